The third-order valence-corrected chi connectivity index (χ3v) is 5.49. The van der Waals surface area contributed by atoms with Gasteiger partial charge >= 0.3 is 0 Å². The van der Waals surface area contributed by atoms with Crippen molar-refractivity contribution in [1.82, 2.24) is 5.06 Å². The van der Waals surface area contributed by atoms with Gasteiger partial charge in [-0.15, -0.1) is 0 Å². The lowest BCUT2D eigenvalue weighted by atomic mass is 10.1. The summed E-state index contributed by atoms with van der Waals surface area (Å²) in [5.74, 6) is -2.50. The molecule has 8 nitrogen and oxygen atoms in total. The third kappa shape index (κ3) is 3.48. The molecule has 0 aromatic heterocycles. The second-order valence-electron chi connectivity index (χ2n) is 6.91. The van der Waals surface area contributed by atoms with E-state index in [2.05, 4.69) is 0 Å². The zero-order valence-electron chi connectivity index (χ0n) is 15.4. The van der Waals surface area contributed by atoms with Crippen LogP contribution in [0, 0.1) is 0 Å². The summed E-state index contributed by atoms with van der Waals surface area (Å²) in [6.07, 6.45) is -0.673. The molecule has 10 heteroatoms. The first-order valence-corrected chi connectivity index (χ1v) is 9.75. The maximum atomic E-state index is 12.8. The van der Waals surface area contributed by atoms with E-state index in [1.807, 2.05) is 0 Å². The summed E-state index contributed by atoms with van der Waals surface area (Å²) < 4.78 is 0. The van der Waals surface area contributed by atoms with Crippen molar-refractivity contribution >= 4 is 58.2 Å². The second kappa shape index (κ2) is 7.81. The molecule has 2 aliphatic heterocycles. The number of benzene rings is 2. The molecule has 2 aliphatic rings. The highest BCUT2D eigenvalue weighted by Crippen LogP contribution is 2.32. The zero-order chi connectivity index (χ0) is 21.6. The number of hydrogen-bond acceptors (Lipinski definition) is 6. The van der Waals surface area contributed by atoms with Gasteiger partial charge in [-0.1, -0.05) is 35.3 Å². The van der Waals surface area contributed by atoms with Gasteiger partial charge < -0.3 is 5.21 Å². The predicted molar refractivity (Wildman–Crippen MR) is 108 cm³/mol. The van der Waals surface area contributed by atoms with Crippen LogP contribution in [0.1, 0.15) is 12.8 Å². The Hall–Kier alpha value is -2.78. The molecule has 0 bridgehead atoms. The summed E-state index contributed by atoms with van der Waals surface area (Å²) >= 11 is 11.9. The Morgan fingerprint density at radius 2 is 1.17 bits per heavy atom. The highest BCUT2D eigenvalue weighted by molar-refractivity contribution is 6.32. The number of nitrogens with zero attached hydrogens (tertiary/aromatic N) is 3. The van der Waals surface area contributed by atoms with Gasteiger partial charge in [-0.25, -0.2) is 9.80 Å². The number of hydroxylamine groups is 2. The van der Waals surface area contributed by atoms with Gasteiger partial charge in [0.2, 0.25) is 11.8 Å². The summed E-state index contributed by atoms with van der Waals surface area (Å²) in [6, 6.07) is 9.76. The van der Waals surface area contributed by atoms with Gasteiger partial charge in [-0.3, -0.25) is 19.2 Å². The molecular weight excluding hydrogens is 433 g/mol. The lowest BCUT2D eigenvalue weighted by Gasteiger charge is -2.25. The first kappa shape index (κ1) is 20.5. The van der Waals surface area contributed by atoms with Crippen LogP contribution in [0.5, 0.6) is 0 Å². The van der Waals surface area contributed by atoms with E-state index >= 15 is 0 Å². The largest absolute Gasteiger partial charge is 0.312 e. The third-order valence-electron chi connectivity index (χ3n) is 5.02. The molecule has 1 N–H and O–H groups in total. The van der Waals surface area contributed by atoms with Crippen LogP contribution in [0.15, 0.2) is 48.5 Å². The highest BCUT2D eigenvalue weighted by Gasteiger charge is 2.50. The molecule has 2 heterocycles. The van der Waals surface area contributed by atoms with Gasteiger partial charge in [0, 0.05) is 10.0 Å². The molecule has 4 amide bonds. The average Bonchev–Trinajstić information content (AvgIpc) is 3.16. The summed E-state index contributed by atoms with van der Waals surface area (Å²) in [6.45, 7) is 0. The van der Waals surface area contributed by atoms with Crippen LogP contribution < -0.4 is 9.80 Å². The molecule has 2 aromatic rings. The number of carbonyl (C=O) groups is 4. The van der Waals surface area contributed by atoms with Crippen LogP contribution in [0.2, 0.25) is 10.0 Å². The normalized spacial score (nSPS) is 22.0. The van der Waals surface area contributed by atoms with Gasteiger partial charge in [0.1, 0.15) is 12.1 Å². The molecular formula is C20H15Cl2N3O5. The lowest BCUT2D eigenvalue weighted by Crippen LogP contribution is -2.49. The van der Waals surface area contributed by atoms with E-state index < -0.39 is 35.7 Å². The Bertz CT molecular complexity index is 992. The van der Waals surface area contributed by atoms with Crippen molar-refractivity contribution in [1.29, 1.82) is 0 Å². The quantitative estimate of drug-likeness (QED) is 0.571. The molecule has 2 aromatic carbocycles. The van der Waals surface area contributed by atoms with Crippen molar-refractivity contribution in [2.75, 3.05) is 9.80 Å². The number of halogens is 2. The monoisotopic (exact) mass is 447 g/mol. The van der Waals surface area contributed by atoms with Crippen LogP contribution in [-0.4, -0.2) is 46.0 Å². The van der Waals surface area contributed by atoms with E-state index in [0.717, 1.165) is 9.80 Å². The summed E-state index contributed by atoms with van der Waals surface area (Å²) in [4.78, 5) is 52.4. The van der Waals surface area contributed by atoms with E-state index in [1.54, 1.807) is 24.3 Å². The zero-order valence-corrected chi connectivity index (χ0v) is 16.9. The fourth-order valence-corrected chi connectivity index (χ4v) is 4.00. The molecule has 2 unspecified atom stereocenters. The molecule has 0 aliphatic carbocycles. The molecule has 2 fully saturated rings. The number of anilines is 2. The molecule has 2 saturated heterocycles. The Balaban J connectivity index is 1.57. The van der Waals surface area contributed by atoms with Gasteiger partial charge in [0.25, 0.3) is 11.8 Å². The van der Waals surface area contributed by atoms with Crippen molar-refractivity contribution in [3.8, 4) is 0 Å². The number of imide groups is 2. The molecule has 30 heavy (non-hydrogen) atoms. The van der Waals surface area contributed by atoms with Gasteiger partial charge in [0.15, 0.2) is 0 Å². The SMILES string of the molecule is O=C1CC(N(O)C2CC(=O)N(c3cccc(Cl)c3)C2=O)C(=O)N1c1cccc(Cl)c1. The summed E-state index contributed by atoms with van der Waals surface area (Å²) in [5, 5.41) is 11.8. The molecule has 0 saturated carbocycles. The van der Waals surface area contributed by atoms with Crippen molar-refractivity contribution in [2.24, 2.45) is 0 Å². The van der Waals surface area contributed by atoms with E-state index in [9.17, 15) is 24.4 Å². The second-order valence-corrected chi connectivity index (χ2v) is 7.79. The van der Waals surface area contributed by atoms with Crippen LogP contribution in [0.4, 0.5) is 11.4 Å². The summed E-state index contributed by atoms with van der Waals surface area (Å²) in [7, 11) is 0. The molecule has 4 rings (SSSR count). The fraction of sp³-hybridized carbons (Fsp3) is 0.200. The number of rotatable bonds is 4. The smallest absolute Gasteiger partial charge is 0.254 e. The molecule has 154 valence electrons. The van der Waals surface area contributed by atoms with Crippen molar-refractivity contribution in [3.05, 3.63) is 58.6 Å². The lowest BCUT2D eigenvalue weighted by molar-refractivity contribution is -0.172. The molecule has 0 spiro atoms. The van der Waals surface area contributed by atoms with Gasteiger partial charge in [0.05, 0.1) is 24.2 Å². The first-order chi connectivity index (χ1) is 14.3. The van der Waals surface area contributed by atoms with Gasteiger partial charge in [-0.05, 0) is 36.4 Å². The maximum absolute atomic E-state index is 12.8. The Morgan fingerprint density at radius 1 is 0.767 bits per heavy atom. The maximum Gasteiger partial charge on any atom is 0.254 e. The van der Waals surface area contributed by atoms with E-state index in [0.29, 0.717) is 15.1 Å². The minimum atomic E-state index is -1.29. The molecule has 2 atom stereocenters. The van der Waals surface area contributed by atoms with E-state index in [4.69, 9.17) is 23.2 Å². The standard InChI is InChI=1S/C20H15Cl2N3O5/c21-11-3-1-5-13(7-11)23-17(26)9-15(19(23)28)25(30)16-10-18(27)24(20(16)29)14-6-2-4-12(22)8-14/h1-8,15-16,30H,9-10H2. The number of amides is 4. The number of carbonyl (C=O) groups excluding carboxylic acids is 4. The minimum Gasteiger partial charge on any atom is -0.312 e. The Kier molecular flexibility index (Phi) is 5.33. The van der Waals surface area contributed by atoms with Crippen LogP contribution >= 0.6 is 23.2 Å². The number of hydrogen-bond donors (Lipinski definition) is 1. The van der Waals surface area contributed by atoms with Crippen LogP contribution in [0.25, 0.3) is 0 Å². The van der Waals surface area contributed by atoms with Crippen molar-refractivity contribution < 1.29 is 24.4 Å². The highest BCUT2D eigenvalue weighted by atomic mass is 35.5. The van der Waals surface area contributed by atoms with Crippen LogP contribution in [0.3, 0.4) is 0 Å². The predicted octanol–water partition coefficient (Wildman–Crippen LogP) is 2.65. The van der Waals surface area contributed by atoms with Crippen molar-refractivity contribution in [3.63, 3.8) is 0 Å². The van der Waals surface area contributed by atoms with Crippen LogP contribution in [-0.2, 0) is 19.2 Å². The Labute approximate surface area is 181 Å². The fourth-order valence-electron chi connectivity index (χ4n) is 3.64. The summed E-state index contributed by atoms with van der Waals surface area (Å²) in [5.41, 5.74) is 0.533. The first-order valence-electron chi connectivity index (χ1n) is 9.00. The van der Waals surface area contributed by atoms with Crippen molar-refractivity contribution in [2.45, 2.75) is 24.9 Å². The Morgan fingerprint density at radius 3 is 1.53 bits per heavy atom. The van der Waals surface area contributed by atoms with E-state index in [-0.39, 0.29) is 24.2 Å². The molecule has 0 radical (unpaired) electrons. The minimum absolute atomic E-state index is 0.266. The topological polar surface area (TPSA) is 98.2 Å². The average molecular weight is 448 g/mol. The van der Waals surface area contributed by atoms with E-state index in [1.165, 1.54) is 24.3 Å². The van der Waals surface area contributed by atoms with Gasteiger partial charge in [-0.2, -0.15) is 5.06 Å².